The highest BCUT2D eigenvalue weighted by Gasteiger charge is 2.33. The summed E-state index contributed by atoms with van der Waals surface area (Å²) in [6.07, 6.45) is 0.632. The number of rotatable bonds is 4. The van der Waals surface area contributed by atoms with Crippen LogP contribution in [0.5, 0.6) is 0 Å². The van der Waals surface area contributed by atoms with Crippen molar-refractivity contribution in [2.45, 2.75) is 32.6 Å². The van der Waals surface area contributed by atoms with E-state index in [4.69, 9.17) is 17.0 Å². The molecule has 162 valence electrons. The zero-order valence-corrected chi connectivity index (χ0v) is 19.0. The number of hydrogen-bond acceptors (Lipinski definition) is 4. The molecule has 1 aliphatic heterocycles. The molecule has 3 aromatic carbocycles. The molecule has 0 aliphatic carbocycles. The third kappa shape index (κ3) is 3.55. The molecule has 0 saturated carbocycles. The van der Waals surface area contributed by atoms with Crippen molar-refractivity contribution in [3.05, 3.63) is 94.3 Å². The number of carbonyl (C=O) groups excluding carboxylic acids is 1. The first-order valence-electron chi connectivity index (χ1n) is 10.7. The van der Waals surface area contributed by atoms with Crippen molar-refractivity contribution in [2.75, 3.05) is 7.11 Å². The lowest BCUT2D eigenvalue weighted by Crippen LogP contribution is -2.46. The number of esters is 1. The van der Waals surface area contributed by atoms with Gasteiger partial charge in [0.2, 0.25) is 0 Å². The van der Waals surface area contributed by atoms with Gasteiger partial charge in [-0.1, -0.05) is 48.5 Å². The normalized spacial score (nSPS) is 16.1. The number of nitrogens with zero attached hydrogens (tertiary/aromatic N) is 3. The van der Waals surface area contributed by atoms with Crippen LogP contribution in [-0.4, -0.2) is 33.2 Å². The lowest BCUT2D eigenvalue weighted by molar-refractivity contribution is -0.148. The second-order valence-corrected chi connectivity index (χ2v) is 8.64. The Hall–Kier alpha value is -3.22. The summed E-state index contributed by atoms with van der Waals surface area (Å²) >= 11 is 5.98. The number of fused-ring (bicyclic) bond motifs is 2. The van der Waals surface area contributed by atoms with Crippen molar-refractivity contribution in [3.8, 4) is 5.69 Å². The van der Waals surface area contributed by atoms with Crippen LogP contribution in [0.2, 0.25) is 0 Å². The summed E-state index contributed by atoms with van der Waals surface area (Å²) in [4.78, 5) is 14.8. The fraction of sp³-hybridized carbons (Fsp3) is 0.231. The molecule has 4 aromatic rings. The van der Waals surface area contributed by atoms with Crippen LogP contribution >= 0.6 is 12.2 Å². The maximum absolute atomic E-state index is 12.7. The van der Waals surface area contributed by atoms with Crippen LogP contribution in [0.25, 0.3) is 16.7 Å². The van der Waals surface area contributed by atoms with Gasteiger partial charge in [-0.25, -0.2) is 0 Å². The fourth-order valence-corrected chi connectivity index (χ4v) is 5.00. The Labute approximate surface area is 192 Å². The largest absolute Gasteiger partial charge is 0.468 e. The topological polar surface area (TPSA) is 39.4 Å². The number of ether oxygens (including phenoxy) is 1. The van der Waals surface area contributed by atoms with Crippen LogP contribution in [0.1, 0.15) is 16.7 Å². The first kappa shape index (κ1) is 20.7. The number of para-hydroxylation sites is 2. The quantitative estimate of drug-likeness (QED) is 0.328. The summed E-state index contributed by atoms with van der Waals surface area (Å²) in [7, 11) is 1.45. The van der Waals surface area contributed by atoms with Crippen molar-refractivity contribution in [1.29, 1.82) is 0 Å². The summed E-state index contributed by atoms with van der Waals surface area (Å²) in [6, 6.07) is 24.5. The summed E-state index contributed by atoms with van der Waals surface area (Å²) in [5, 5.41) is 0. The van der Waals surface area contributed by atoms with E-state index in [9.17, 15) is 4.79 Å². The number of methoxy groups -OCH3 is 1. The number of aryl methyl sites for hydroxylation is 1. The van der Waals surface area contributed by atoms with E-state index in [-0.39, 0.29) is 12.0 Å². The van der Waals surface area contributed by atoms with Crippen molar-refractivity contribution < 1.29 is 9.53 Å². The molecule has 0 fully saturated rings. The highest BCUT2D eigenvalue weighted by atomic mass is 32.1. The van der Waals surface area contributed by atoms with E-state index in [2.05, 4.69) is 63.4 Å². The highest BCUT2D eigenvalue weighted by molar-refractivity contribution is 7.71. The second kappa shape index (κ2) is 8.37. The molecule has 2 heterocycles. The van der Waals surface area contributed by atoms with E-state index >= 15 is 0 Å². The molecule has 0 N–H and O–H groups in total. The minimum atomic E-state index is -0.349. The van der Waals surface area contributed by atoms with Crippen LogP contribution in [0.3, 0.4) is 0 Å². The lowest BCUT2D eigenvalue weighted by Gasteiger charge is -2.35. The predicted octanol–water partition coefficient (Wildman–Crippen LogP) is 5.03. The molecular formula is C26H25N3O2S. The highest BCUT2D eigenvalue weighted by Crippen LogP contribution is 2.28. The average molecular weight is 444 g/mol. The van der Waals surface area contributed by atoms with Gasteiger partial charge < -0.3 is 9.30 Å². The van der Waals surface area contributed by atoms with E-state index in [0.717, 1.165) is 16.7 Å². The van der Waals surface area contributed by atoms with Gasteiger partial charge in [-0.05, 0) is 66.5 Å². The summed E-state index contributed by atoms with van der Waals surface area (Å²) in [5.74, 6) is -0.214. The summed E-state index contributed by atoms with van der Waals surface area (Å²) in [5.41, 5.74) is 6.75. The molecule has 0 unspecified atom stereocenters. The maximum atomic E-state index is 12.7. The molecule has 5 rings (SSSR count). The molecule has 6 heteroatoms. The van der Waals surface area contributed by atoms with Gasteiger partial charge >= 0.3 is 5.97 Å². The Morgan fingerprint density at radius 1 is 1.00 bits per heavy atom. The SMILES string of the molecule is COC(=O)[C@@H]1Cc2ccccc2CN1Cn1c(=S)n(-c2cccc(C)c2)c2ccccc21. The molecule has 1 aromatic heterocycles. The van der Waals surface area contributed by atoms with Crippen LogP contribution in [-0.2, 0) is 29.2 Å². The predicted molar refractivity (Wildman–Crippen MR) is 128 cm³/mol. The summed E-state index contributed by atoms with van der Waals surface area (Å²) < 4.78 is 10.1. The van der Waals surface area contributed by atoms with Crippen molar-refractivity contribution in [2.24, 2.45) is 0 Å². The Balaban J connectivity index is 1.62. The molecule has 32 heavy (non-hydrogen) atoms. The Morgan fingerprint density at radius 3 is 2.47 bits per heavy atom. The van der Waals surface area contributed by atoms with Crippen LogP contribution in [0.4, 0.5) is 0 Å². The number of benzene rings is 3. The Bertz CT molecular complexity index is 1370. The van der Waals surface area contributed by atoms with Crippen molar-refractivity contribution in [1.82, 2.24) is 14.0 Å². The Morgan fingerprint density at radius 2 is 1.72 bits per heavy atom. The molecule has 0 bridgehead atoms. The van der Waals surface area contributed by atoms with Gasteiger partial charge in [0.25, 0.3) is 0 Å². The zero-order valence-electron chi connectivity index (χ0n) is 18.2. The smallest absolute Gasteiger partial charge is 0.323 e. The molecule has 5 nitrogen and oxygen atoms in total. The number of aromatic nitrogens is 2. The van der Waals surface area contributed by atoms with Gasteiger partial charge in [0.05, 0.1) is 24.8 Å². The van der Waals surface area contributed by atoms with Gasteiger partial charge in [-0.2, -0.15) is 0 Å². The van der Waals surface area contributed by atoms with Crippen molar-refractivity contribution >= 4 is 29.2 Å². The standard InChI is InChI=1S/C26H25N3O2S/c1-18-8-7-11-21(14-18)29-23-13-6-5-12-22(23)28(26(29)32)17-27-16-20-10-4-3-9-19(20)15-24(27)25(30)31-2/h3-14,24H,15-17H2,1-2H3/t24-/m0/s1. The van der Waals surface area contributed by atoms with Gasteiger partial charge in [0, 0.05) is 12.2 Å². The molecule has 0 radical (unpaired) electrons. The monoisotopic (exact) mass is 443 g/mol. The third-order valence-corrected chi connectivity index (χ3v) is 6.64. The molecule has 1 aliphatic rings. The summed E-state index contributed by atoms with van der Waals surface area (Å²) in [6.45, 7) is 3.26. The van der Waals surface area contributed by atoms with Gasteiger partial charge in [0.1, 0.15) is 6.04 Å². The number of imidazole rings is 1. The van der Waals surface area contributed by atoms with E-state index in [0.29, 0.717) is 24.4 Å². The van der Waals surface area contributed by atoms with E-state index in [1.165, 1.54) is 23.8 Å². The first-order valence-corrected chi connectivity index (χ1v) is 11.1. The third-order valence-electron chi connectivity index (χ3n) is 6.24. The zero-order chi connectivity index (χ0) is 22.2. The van der Waals surface area contributed by atoms with Crippen LogP contribution in [0, 0.1) is 11.7 Å². The van der Waals surface area contributed by atoms with E-state index in [1.54, 1.807) is 0 Å². The first-order chi connectivity index (χ1) is 15.6. The van der Waals surface area contributed by atoms with E-state index < -0.39 is 0 Å². The minimum absolute atomic E-state index is 0.214. The minimum Gasteiger partial charge on any atom is -0.468 e. The van der Waals surface area contributed by atoms with Gasteiger partial charge in [0.15, 0.2) is 4.77 Å². The maximum Gasteiger partial charge on any atom is 0.323 e. The molecule has 0 spiro atoms. The van der Waals surface area contributed by atoms with Gasteiger partial charge in [-0.15, -0.1) is 0 Å². The molecule has 1 atom stereocenters. The van der Waals surface area contributed by atoms with Crippen LogP contribution < -0.4 is 0 Å². The molecule has 0 saturated heterocycles. The van der Waals surface area contributed by atoms with Gasteiger partial charge in [-0.3, -0.25) is 14.3 Å². The second-order valence-electron chi connectivity index (χ2n) is 8.27. The number of hydrogen-bond donors (Lipinski definition) is 0. The molecule has 0 amide bonds. The van der Waals surface area contributed by atoms with E-state index in [1.807, 2.05) is 30.3 Å². The lowest BCUT2D eigenvalue weighted by atomic mass is 9.94. The van der Waals surface area contributed by atoms with Crippen molar-refractivity contribution in [3.63, 3.8) is 0 Å². The fourth-order valence-electron chi connectivity index (χ4n) is 4.64. The Kier molecular flexibility index (Phi) is 5.41. The molecular weight excluding hydrogens is 418 g/mol. The average Bonchev–Trinajstić information content (AvgIpc) is 3.09. The van der Waals surface area contributed by atoms with Crippen LogP contribution in [0.15, 0.2) is 72.8 Å². The number of carbonyl (C=O) groups is 1.